The van der Waals surface area contributed by atoms with Gasteiger partial charge in [0.1, 0.15) is 0 Å². The highest BCUT2D eigenvalue weighted by molar-refractivity contribution is 7.80. The van der Waals surface area contributed by atoms with E-state index in [9.17, 15) is 9.90 Å². The molecule has 1 amide bonds. The lowest BCUT2D eigenvalue weighted by Crippen LogP contribution is -2.34. The van der Waals surface area contributed by atoms with Crippen LogP contribution in [-0.4, -0.2) is 16.1 Å². The molecule has 0 aliphatic carbocycles. The highest BCUT2D eigenvalue weighted by atomic mass is 35.5. The lowest BCUT2D eigenvalue weighted by molar-refractivity contribution is 0.0977. The highest BCUT2D eigenvalue weighted by Gasteiger charge is 2.11. The Hall–Kier alpha value is -1.82. The molecule has 0 aliphatic heterocycles. The lowest BCUT2D eigenvalue weighted by atomic mass is 10.1. The van der Waals surface area contributed by atoms with E-state index in [1.54, 1.807) is 12.1 Å². The van der Waals surface area contributed by atoms with Crippen LogP contribution in [0.15, 0.2) is 30.3 Å². The topological polar surface area (TPSA) is 61.4 Å². The Bertz CT molecular complexity index is 750. The number of halogens is 2. The van der Waals surface area contributed by atoms with Crippen molar-refractivity contribution in [3.63, 3.8) is 0 Å². The van der Waals surface area contributed by atoms with Crippen molar-refractivity contribution in [3.8, 4) is 5.75 Å². The van der Waals surface area contributed by atoms with E-state index in [1.807, 2.05) is 19.9 Å². The van der Waals surface area contributed by atoms with E-state index < -0.39 is 0 Å². The van der Waals surface area contributed by atoms with Gasteiger partial charge in [-0.3, -0.25) is 10.1 Å². The van der Waals surface area contributed by atoms with E-state index in [1.165, 1.54) is 12.1 Å². The van der Waals surface area contributed by atoms with E-state index in [4.69, 9.17) is 35.4 Å². The number of rotatable bonds is 2. The fraction of sp³-hybridized carbons (Fsp3) is 0.125. The van der Waals surface area contributed by atoms with Crippen LogP contribution in [0.4, 0.5) is 5.69 Å². The quantitative estimate of drug-likeness (QED) is 0.541. The van der Waals surface area contributed by atoms with Crippen molar-refractivity contribution >= 4 is 52.1 Å². The maximum atomic E-state index is 12.2. The number of amides is 1. The molecular formula is C16H14Cl2N2O2S. The molecule has 0 fully saturated rings. The van der Waals surface area contributed by atoms with E-state index in [0.29, 0.717) is 11.3 Å². The molecule has 0 aliphatic rings. The van der Waals surface area contributed by atoms with Gasteiger partial charge >= 0.3 is 0 Å². The maximum Gasteiger partial charge on any atom is 0.257 e. The summed E-state index contributed by atoms with van der Waals surface area (Å²) in [6, 6.07) is 8.45. The fourth-order valence-electron chi connectivity index (χ4n) is 2.08. The van der Waals surface area contributed by atoms with Gasteiger partial charge in [0.15, 0.2) is 10.9 Å². The number of thiocarbonyl (C=S) groups is 1. The zero-order valence-electron chi connectivity index (χ0n) is 12.4. The Labute approximate surface area is 149 Å². The van der Waals surface area contributed by atoms with Crippen molar-refractivity contribution in [2.45, 2.75) is 13.8 Å². The number of carbonyl (C=O) groups excluding carboxylic acids is 1. The number of aromatic hydroxyl groups is 1. The predicted molar refractivity (Wildman–Crippen MR) is 97.7 cm³/mol. The summed E-state index contributed by atoms with van der Waals surface area (Å²) in [7, 11) is 0. The van der Waals surface area contributed by atoms with Crippen LogP contribution in [0.25, 0.3) is 0 Å². The van der Waals surface area contributed by atoms with Gasteiger partial charge < -0.3 is 10.4 Å². The lowest BCUT2D eigenvalue weighted by Gasteiger charge is -2.11. The van der Waals surface area contributed by atoms with Gasteiger partial charge in [-0.25, -0.2) is 0 Å². The molecule has 0 saturated heterocycles. The van der Waals surface area contributed by atoms with Crippen molar-refractivity contribution in [1.82, 2.24) is 5.32 Å². The number of phenols is 1. The number of benzene rings is 2. The smallest absolute Gasteiger partial charge is 0.257 e. The summed E-state index contributed by atoms with van der Waals surface area (Å²) in [5, 5.41) is 15.2. The molecule has 2 rings (SSSR count). The number of anilines is 1. The van der Waals surface area contributed by atoms with Crippen molar-refractivity contribution in [3.05, 3.63) is 57.1 Å². The summed E-state index contributed by atoms with van der Waals surface area (Å²) >= 11 is 16.8. The molecule has 0 spiro atoms. The average molecular weight is 369 g/mol. The molecule has 0 atom stereocenters. The van der Waals surface area contributed by atoms with Crippen LogP contribution in [0.2, 0.25) is 10.0 Å². The normalized spacial score (nSPS) is 10.3. The first kappa shape index (κ1) is 17.5. The Morgan fingerprint density at radius 2 is 1.57 bits per heavy atom. The molecule has 120 valence electrons. The summed E-state index contributed by atoms with van der Waals surface area (Å²) < 4.78 is 0. The fourth-order valence-corrected chi connectivity index (χ4v) is 2.78. The summed E-state index contributed by atoms with van der Waals surface area (Å²) in [5.41, 5.74) is 2.97. The summed E-state index contributed by atoms with van der Waals surface area (Å²) in [6.45, 7) is 3.83. The van der Waals surface area contributed by atoms with Gasteiger partial charge in [-0.15, -0.1) is 0 Å². The first-order chi connectivity index (χ1) is 10.8. The van der Waals surface area contributed by atoms with Crippen LogP contribution in [0.3, 0.4) is 0 Å². The van der Waals surface area contributed by atoms with Crippen LogP contribution in [0.1, 0.15) is 21.5 Å². The van der Waals surface area contributed by atoms with Gasteiger partial charge in [0.2, 0.25) is 0 Å². The Kier molecular flexibility index (Phi) is 5.46. The molecule has 0 saturated carbocycles. The Morgan fingerprint density at radius 3 is 2.09 bits per heavy atom. The van der Waals surface area contributed by atoms with E-state index in [0.717, 1.165) is 11.1 Å². The second-order valence-electron chi connectivity index (χ2n) is 5.07. The van der Waals surface area contributed by atoms with Crippen LogP contribution >= 0.6 is 35.4 Å². The Balaban J connectivity index is 2.09. The molecule has 3 N–H and O–H groups in total. The number of hydrogen-bond acceptors (Lipinski definition) is 3. The third kappa shape index (κ3) is 4.58. The molecule has 2 aromatic carbocycles. The zero-order chi connectivity index (χ0) is 17.1. The standard InChI is InChI=1S/C16H14Cl2N2O2S/c1-8-3-9(2)5-10(4-8)15(22)20-16(23)19-11-6-12(17)14(21)13(18)7-11/h3-7,21H,1-2H3,(H2,19,20,22,23). The van der Waals surface area contributed by atoms with Gasteiger partial charge in [-0.1, -0.05) is 40.4 Å². The van der Waals surface area contributed by atoms with Gasteiger partial charge in [0.05, 0.1) is 10.0 Å². The van der Waals surface area contributed by atoms with Crippen molar-refractivity contribution in [1.29, 1.82) is 0 Å². The molecule has 7 heteroatoms. The van der Waals surface area contributed by atoms with Crippen molar-refractivity contribution in [2.75, 3.05) is 5.32 Å². The van der Waals surface area contributed by atoms with Gasteiger partial charge in [-0.05, 0) is 50.3 Å². The molecule has 0 radical (unpaired) electrons. The number of phenolic OH excluding ortho intramolecular Hbond substituents is 1. The van der Waals surface area contributed by atoms with E-state index in [-0.39, 0.29) is 26.8 Å². The molecule has 0 unspecified atom stereocenters. The predicted octanol–water partition coefficient (Wildman–Crippen LogP) is 4.44. The maximum absolute atomic E-state index is 12.2. The number of nitrogens with one attached hydrogen (secondary N) is 2. The molecule has 23 heavy (non-hydrogen) atoms. The first-order valence-corrected chi connectivity index (χ1v) is 7.81. The van der Waals surface area contributed by atoms with Gasteiger partial charge in [0.25, 0.3) is 5.91 Å². The number of carbonyl (C=O) groups is 1. The zero-order valence-corrected chi connectivity index (χ0v) is 14.7. The van der Waals surface area contributed by atoms with E-state index in [2.05, 4.69) is 10.6 Å². The average Bonchev–Trinajstić information content (AvgIpc) is 2.43. The SMILES string of the molecule is Cc1cc(C)cc(C(=O)NC(=S)Nc2cc(Cl)c(O)c(Cl)c2)c1. The summed E-state index contributed by atoms with van der Waals surface area (Å²) in [5.74, 6) is -0.519. The van der Waals surface area contributed by atoms with Crippen LogP contribution in [-0.2, 0) is 0 Å². The second-order valence-corrected chi connectivity index (χ2v) is 6.30. The number of hydrogen-bond donors (Lipinski definition) is 3. The molecule has 0 bridgehead atoms. The minimum Gasteiger partial charge on any atom is -0.505 e. The summed E-state index contributed by atoms with van der Waals surface area (Å²) in [6.07, 6.45) is 0. The monoisotopic (exact) mass is 368 g/mol. The van der Waals surface area contributed by atoms with Crippen LogP contribution in [0, 0.1) is 13.8 Å². The van der Waals surface area contributed by atoms with Gasteiger partial charge in [-0.2, -0.15) is 0 Å². The summed E-state index contributed by atoms with van der Waals surface area (Å²) in [4.78, 5) is 12.2. The van der Waals surface area contributed by atoms with Crippen molar-refractivity contribution < 1.29 is 9.90 Å². The molecule has 0 heterocycles. The highest BCUT2D eigenvalue weighted by Crippen LogP contribution is 2.34. The van der Waals surface area contributed by atoms with Crippen LogP contribution in [0.5, 0.6) is 5.75 Å². The van der Waals surface area contributed by atoms with E-state index >= 15 is 0 Å². The minimum atomic E-state index is -0.315. The van der Waals surface area contributed by atoms with Crippen molar-refractivity contribution in [2.24, 2.45) is 0 Å². The first-order valence-electron chi connectivity index (χ1n) is 6.65. The largest absolute Gasteiger partial charge is 0.505 e. The third-order valence-electron chi connectivity index (χ3n) is 2.99. The van der Waals surface area contributed by atoms with Gasteiger partial charge in [0, 0.05) is 11.3 Å². The third-order valence-corrected chi connectivity index (χ3v) is 3.77. The Morgan fingerprint density at radius 1 is 1.04 bits per heavy atom. The number of aryl methyl sites for hydroxylation is 2. The second kappa shape index (κ2) is 7.17. The molecular weight excluding hydrogens is 355 g/mol. The molecule has 4 nitrogen and oxygen atoms in total. The molecule has 2 aromatic rings. The minimum absolute atomic E-state index is 0.0865. The molecule has 0 aromatic heterocycles. The van der Waals surface area contributed by atoms with Crippen LogP contribution < -0.4 is 10.6 Å².